The molecule has 1 aliphatic rings. The van der Waals surface area contributed by atoms with Gasteiger partial charge in [-0.3, -0.25) is 4.79 Å². The third kappa shape index (κ3) is 4.27. The Labute approximate surface area is 177 Å². The number of carbonyl (C=O) groups excluding carboxylic acids is 1. The summed E-state index contributed by atoms with van der Waals surface area (Å²) < 4.78 is 45.6. The maximum absolute atomic E-state index is 13.9. The lowest BCUT2D eigenvalue weighted by Crippen LogP contribution is -2.50. The van der Waals surface area contributed by atoms with Crippen LogP contribution in [-0.4, -0.2) is 59.8 Å². The van der Waals surface area contributed by atoms with Gasteiger partial charge in [-0.05, 0) is 23.6 Å². The minimum Gasteiger partial charge on any atom is -0.340 e. The van der Waals surface area contributed by atoms with E-state index in [1.165, 1.54) is 33.8 Å². The number of aromatic nitrogens is 2. The molecule has 2 aromatic heterocycles. The Balaban J connectivity index is 1.31. The van der Waals surface area contributed by atoms with Crippen LogP contribution >= 0.6 is 11.3 Å². The zero-order chi connectivity index (χ0) is 21.1. The zero-order valence-electron chi connectivity index (χ0n) is 15.9. The Morgan fingerprint density at radius 3 is 2.60 bits per heavy atom. The molecule has 0 N–H and O–H groups in total. The van der Waals surface area contributed by atoms with E-state index in [0.717, 1.165) is 10.9 Å². The van der Waals surface area contributed by atoms with Crippen molar-refractivity contribution >= 4 is 27.3 Å². The normalized spacial score (nSPS) is 15.4. The number of benzene rings is 1. The molecule has 0 bridgehead atoms. The molecule has 4 rings (SSSR count). The molecule has 158 valence electrons. The van der Waals surface area contributed by atoms with Gasteiger partial charge in [-0.1, -0.05) is 23.4 Å². The summed E-state index contributed by atoms with van der Waals surface area (Å²) in [6.07, 6.45) is 0.497. The molecule has 1 aromatic carbocycles. The van der Waals surface area contributed by atoms with Gasteiger partial charge in [0.15, 0.2) is 0 Å². The predicted octanol–water partition coefficient (Wildman–Crippen LogP) is 2.40. The number of aryl methyl sites for hydroxylation is 1. The van der Waals surface area contributed by atoms with Crippen molar-refractivity contribution in [1.82, 2.24) is 19.3 Å². The number of thiophene rings is 1. The number of rotatable bonds is 6. The number of carbonyl (C=O) groups is 1. The van der Waals surface area contributed by atoms with E-state index < -0.39 is 15.8 Å². The van der Waals surface area contributed by atoms with Gasteiger partial charge in [0.25, 0.3) is 0 Å². The van der Waals surface area contributed by atoms with Gasteiger partial charge in [-0.25, -0.2) is 12.8 Å². The second-order valence-corrected chi connectivity index (χ2v) is 9.56. The summed E-state index contributed by atoms with van der Waals surface area (Å²) in [7, 11) is -3.93. The molecule has 0 saturated carbocycles. The Morgan fingerprint density at radius 1 is 1.13 bits per heavy atom. The summed E-state index contributed by atoms with van der Waals surface area (Å²) in [5, 5.41) is 5.83. The summed E-state index contributed by atoms with van der Waals surface area (Å²) in [4.78, 5) is 18.9. The van der Waals surface area contributed by atoms with E-state index in [-0.39, 0.29) is 43.4 Å². The highest BCUT2D eigenvalue weighted by atomic mass is 32.2. The second-order valence-electron chi connectivity index (χ2n) is 6.70. The zero-order valence-corrected chi connectivity index (χ0v) is 17.5. The van der Waals surface area contributed by atoms with Gasteiger partial charge < -0.3 is 9.42 Å². The molecule has 1 aliphatic heterocycles. The van der Waals surface area contributed by atoms with Gasteiger partial charge in [-0.15, -0.1) is 11.3 Å². The highest BCUT2D eigenvalue weighted by molar-refractivity contribution is 7.89. The average Bonchev–Trinajstić information content (AvgIpc) is 3.44. The van der Waals surface area contributed by atoms with E-state index in [1.807, 2.05) is 17.5 Å². The van der Waals surface area contributed by atoms with Crippen molar-refractivity contribution in [1.29, 1.82) is 0 Å². The summed E-state index contributed by atoms with van der Waals surface area (Å²) in [5.41, 5.74) is 0. The molecule has 1 saturated heterocycles. The molecule has 11 heteroatoms. The minimum atomic E-state index is -3.93. The fourth-order valence-electron chi connectivity index (χ4n) is 3.21. The number of hydrogen-bond acceptors (Lipinski definition) is 7. The van der Waals surface area contributed by atoms with Crippen LogP contribution in [0.2, 0.25) is 0 Å². The van der Waals surface area contributed by atoms with Gasteiger partial charge in [-0.2, -0.15) is 9.29 Å². The Hall–Kier alpha value is -2.63. The van der Waals surface area contributed by atoms with Crippen molar-refractivity contribution in [2.24, 2.45) is 0 Å². The molecule has 0 aliphatic carbocycles. The van der Waals surface area contributed by atoms with E-state index in [0.29, 0.717) is 18.1 Å². The summed E-state index contributed by atoms with van der Waals surface area (Å²) in [6.45, 7) is 0.727. The lowest BCUT2D eigenvalue weighted by Gasteiger charge is -2.34. The molecule has 1 fully saturated rings. The van der Waals surface area contributed by atoms with E-state index >= 15 is 0 Å². The third-order valence-corrected chi connectivity index (χ3v) is 7.61. The number of sulfonamides is 1. The Kier molecular flexibility index (Phi) is 5.93. The van der Waals surface area contributed by atoms with Gasteiger partial charge in [0.1, 0.15) is 10.7 Å². The van der Waals surface area contributed by atoms with Crippen molar-refractivity contribution in [3.63, 3.8) is 0 Å². The highest BCUT2D eigenvalue weighted by Gasteiger charge is 2.31. The molecule has 3 heterocycles. The first-order valence-electron chi connectivity index (χ1n) is 9.34. The molecule has 0 atom stereocenters. The second kappa shape index (κ2) is 8.62. The fraction of sp³-hybridized carbons (Fsp3) is 0.316. The molecule has 30 heavy (non-hydrogen) atoms. The van der Waals surface area contributed by atoms with Crippen LogP contribution < -0.4 is 0 Å². The largest absolute Gasteiger partial charge is 0.340 e. The number of hydrogen-bond donors (Lipinski definition) is 0. The first-order valence-corrected chi connectivity index (χ1v) is 11.7. The van der Waals surface area contributed by atoms with E-state index in [4.69, 9.17) is 4.52 Å². The van der Waals surface area contributed by atoms with E-state index in [2.05, 4.69) is 10.1 Å². The van der Waals surface area contributed by atoms with Crippen LogP contribution in [0.25, 0.3) is 10.7 Å². The Bertz CT molecular complexity index is 1120. The standard InChI is InChI=1S/C19H19FN4O4S2/c20-14-4-1-2-6-16(14)30(26,27)24-11-9-23(10-12-24)18(25)8-7-17-21-19(22-28-17)15-5-3-13-29-15/h1-6,13H,7-12H2. The van der Waals surface area contributed by atoms with Crippen LogP contribution in [0.15, 0.2) is 51.2 Å². The van der Waals surface area contributed by atoms with Crippen molar-refractivity contribution in [3.8, 4) is 10.7 Å². The summed E-state index contributed by atoms with van der Waals surface area (Å²) >= 11 is 1.50. The van der Waals surface area contributed by atoms with Crippen molar-refractivity contribution in [2.75, 3.05) is 26.2 Å². The molecule has 0 radical (unpaired) electrons. The van der Waals surface area contributed by atoms with Crippen LogP contribution in [0, 0.1) is 5.82 Å². The topological polar surface area (TPSA) is 96.6 Å². The maximum Gasteiger partial charge on any atom is 0.246 e. The van der Waals surface area contributed by atoms with Crippen LogP contribution in [0.5, 0.6) is 0 Å². The predicted molar refractivity (Wildman–Crippen MR) is 108 cm³/mol. The van der Waals surface area contributed by atoms with Gasteiger partial charge >= 0.3 is 0 Å². The van der Waals surface area contributed by atoms with Gasteiger partial charge in [0.2, 0.25) is 27.6 Å². The van der Waals surface area contributed by atoms with Crippen molar-refractivity contribution in [2.45, 2.75) is 17.7 Å². The average molecular weight is 451 g/mol. The third-order valence-electron chi connectivity index (χ3n) is 4.81. The van der Waals surface area contributed by atoms with E-state index in [1.54, 1.807) is 4.90 Å². The van der Waals surface area contributed by atoms with Crippen LogP contribution in [0.4, 0.5) is 4.39 Å². The number of amides is 1. The molecule has 0 spiro atoms. The highest BCUT2D eigenvalue weighted by Crippen LogP contribution is 2.22. The van der Waals surface area contributed by atoms with E-state index in [9.17, 15) is 17.6 Å². The summed E-state index contributed by atoms with van der Waals surface area (Å²) in [5.74, 6) is -0.0155. The van der Waals surface area contributed by atoms with Crippen LogP contribution in [0.3, 0.4) is 0 Å². The summed E-state index contributed by atoms with van der Waals surface area (Å²) in [6, 6.07) is 9.07. The lowest BCUT2D eigenvalue weighted by molar-refractivity contribution is -0.132. The molecule has 0 unspecified atom stereocenters. The molecular weight excluding hydrogens is 431 g/mol. The fourth-order valence-corrected chi connectivity index (χ4v) is 5.34. The first kappa shape index (κ1) is 20.6. The number of piperazine rings is 1. The lowest BCUT2D eigenvalue weighted by atomic mass is 10.2. The number of nitrogens with zero attached hydrogens (tertiary/aromatic N) is 4. The monoisotopic (exact) mass is 450 g/mol. The Morgan fingerprint density at radius 2 is 1.90 bits per heavy atom. The van der Waals surface area contributed by atoms with Crippen LogP contribution in [-0.2, 0) is 21.2 Å². The van der Waals surface area contributed by atoms with Crippen molar-refractivity contribution < 1.29 is 22.1 Å². The van der Waals surface area contributed by atoms with Gasteiger partial charge in [0.05, 0.1) is 4.88 Å². The van der Waals surface area contributed by atoms with Crippen LogP contribution in [0.1, 0.15) is 12.3 Å². The number of halogens is 1. The molecule has 8 nitrogen and oxygen atoms in total. The van der Waals surface area contributed by atoms with Crippen molar-refractivity contribution in [3.05, 3.63) is 53.5 Å². The molecule has 3 aromatic rings. The van der Waals surface area contributed by atoms with Gasteiger partial charge in [0, 0.05) is 39.0 Å². The molecule has 1 amide bonds. The molecular formula is C19H19FN4O4S2. The smallest absolute Gasteiger partial charge is 0.246 e. The minimum absolute atomic E-state index is 0.117. The quantitative estimate of drug-likeness (QED) is 0.572. The SMILES string of the molecule is O=C(CCc1nc(-c2cccs2)no1)N1CCN(S(=O)(=O)c2ccccc2F)CC1. The first-order chi connectivity index (χ1) is 14.4. The maximum atomic E-state index is 13.9.